The zero-order chi connectivity index (χ0) is 26.6. The highest BCUT2D eigenvalue weighted by Gasteiger charge is 2.82. The fourth-order valence-electron chi connectivity index (χ4n) is 14.0. The number of allylic oxidation sites excluding steroid dienone is 4. The molecule has 1 aliphatic heterocycles. The van der Waals surface area contributed by atoms with E-state index in [4.69, 9.17) is 4.74 Å². The van der Waals surface area contributed by atoms with Crippen LogP contribution in [0.25, 0.3) is 0 Å². The van der Waals surface area contributed by atoms with Crippen molar-refractivity contribution in [3.63, 3.8) is 0 Å². The van der Waals surface area contributed by atoms with Gasteiger partial charge in [0.2, 0.25) is 0 Å². The van der Waals surface area contributed by atoms with E-state index in [1.54, 1.807) is 0 Å². The molecule has 4 heteroatoms. The molecule has 208 valence electrons. The van der Waals surface area contributed by atoms with Crippen molar-refractivity contribution in [2.45, 2.75) is 111 Å². The van der Waals surface area contributed by atoms with Crippen LogP contribution in [0.2, 0.25) is 0 Å². The Morgan fingerprint density at radius 2 is 1.63 bits per heavy atom. The second-order valence-corrected chi connectivity index (χ2v) is 16.6. The minimum atomic E-state index is -0.963. The van der Waals surface area contributed by atoms with Crippen molar-refractivity contribution in [2.75, 3.05) is 6.61 Å². The summed E-state index contributed by atoms with van der Waals surface area (Å²) in [7, 11) is 0. The van der Waals surface area contributed by atoms with Gasteiger partial charge in [-0.25, -0.2) is 0 Å². The maximum atomic E-state index is 12.6. The van der Waals surface area contributed by atoms with Crippen LogP contribution in [0, 0.1) is 61.6 Å². The summed E-state index contributed by atoms with van der Waals surface area (Å²) in [6, 6.07) is 0. The van der Waals surface area contributed by atoms with Crippen LogP contribution in [-0.4, -0.2) is 28.6 Å². The van der Waals surface area contributed by atoms with Gasteiger partial charge >= 0.3 is 5.97 Å². The summed E-state index contributed by atoms with van der Waals surface area (Å²) in [6.07, 6.45) is 23.4. The first-order chi connectivity index (χ1) is 17.9. The third-order valence-electron chi connectivity index (χ3n) is 16.1. The summed E-state index contributed by atoms with van der Waals surface area (Å²) in [5.74, 6) is 0.0753. The molecule has 1 heterocycles. The molecule has 8 aliphatic rings. The van der Waals surface area contributed by atoms with Crippen LogP contribution >= 0.6 is 0 Å². The van der Waals surface area contributed by atoms with Crippen molar-refractivity contribution in [3.05, 3.63) is 24.3 Å². The molecule has 7 aliphatic carbocycles. The highest BCUT2D eigenvalue weighted by Crippen LogP contribution is 2.87. The van der Waals surface area contributed by atoms with Gasteiger partial charge in [-0.05, 0) is 117 Å². The van der Waals surface area contributed by atoms with Gasteiger partial charge in [0, 0.05) is 23.2 Å². The van der Waals surface area contributed by atoms with Gasteiger partial charge in [0.15, 0.2) is 5.79 Å². The van der Waals surface area contributed by atoms with E-state index >= 15 is 0 Å². The molecule has 4 bridgehead atoms. The molecular formula is C34H48O4. The zero-order valence-electron chi connectivity index (χ0n) is 24.0. The molecule has 0 unspecified atom stereocenters. The number of aliphatic hydroxyl groups is 1. The fraction of sp³-hybridized carbons (Fsp3) is 0.853. The predicted molar refractivity (Wildman–Crippen MR) is 146 cm³/mol. The lowest BCUT2D eigenvalue weighted by atomic mass is 9.22. The molecule has 6 fully saturated rings. The number of fused-ring (bicyclic) bond motifs is 2. The van der Waals surface area contributed by atoms with Crippen molar-refractivity contribution in [3.8, 4) is 0 Å². The minimum Gasteiger partial charge on any atom is -0.481 e. The van der Waals surface area contributed by atoms with Gasteiger partial charge in [-0.3, -0.25) is 4.79 Å². The number of aliphatic carboxylic acids is 1. The van der Waals surface area contributed by atoms with E-state index in [1.807, 2.05) is 6.92 Å². The van der Waals surface area contributed by atoms with Crippen molar-refractivity contribution in [1.82, 2.24) is 0 Å². The number of carboxylic acid groups (broad SMARTS) is 1. The van der Waals surface area contributed by atoms with Crippen molar-refractivity contribution in [1.29, 1.82) is 0 Å². The highest BCUT2D eigenvalue weighted by atomic mass is 16.6. The Labute approximate surface area is 228 Å². The topological polar surface area (TPSA) is 66.8 Å². The van der Waals surface area contributed by atoms with Crippen molar-refractivity contribution >= 4 is 5.97 Å². The molecule has 8 rings (SSSR count). The average Bonchev–Trinajstić information content (AvgIpc) is 3.02. The zero-order valence-corrected chi connectivity index (χ0v) is 24.0. The maximum Gasteiger partial charge on any atom is 0.309 e. The van der Waals surface area contributed by atoms with Crippen molar-refractivity contribution in [2.24, 2.45) is 61.6 Å². The number of rotatable bonds is 1. The number of hydrogen-bond donors (Lipinski definition) is 2. The molecule has 0 aromatic rings. The Bertz CT molecular complexity index is 1170. The van der Waals surface area contributed by atoms with E-state index in [0.717, 1.165) is 51.6 Å². The van der Waals surface area contributed by atoms with Crippen LogP contribution in [0.1, 0.15) is 105 Å². The SMILES string of the molecule is C[C@@H]1[C@]23CC[C@@]45C=CC[C@]6(CC[C@]47CC=C[C@H](C[C@]1(O)OC2)[C@H]37)[C@@H]1C[C@](C)(C(=O)O)CC[C@]1(C)CC[C@@]65C. The molecule has 12 atom stereocenters. The first-order valence-electron chi connectivity index (χ1n) is 15.8. The highest BCUT2D eigenvalue weighted by molar-refractivity contribution is 5.74. The summed E-state index contributed by atoms with van der Waals surface area (Å²) < 4.78 is 6.33. The molecule has 0 aromatic heterocycles. The summed E-state index contributed by atoms with van der Waals surface area (Å²) in [6.45, 7) is 10.3. The fourth-order valence-corrected chi connectivity index (χ4v) is 14.0. The van der Waals surface area contributed by atoms with Gasteiger partial charge in [0.05, 0.1) is 12.0 Å². The van der Waals surface area contributed by atoms with Crippen LogP contribution in [0.3, 0.4) is 0 Å². The summed E-state index contributed by atoms with van der Waals surface area (Å²) >= 11 is 0. The van der Waals surface area contributed by atoms with E-state index in [9.17, 15) is 15.0 Å². The lowest BCUT2D eigenvalue weighted by molar-refractivity contribution is -0.314. The molecule has 0 amide bonds. The molecule has 0 radical (unpaired) electrons. The quantitative estimate of drug-likeness (QED) is 0.361. The Hall–Kier alpha value is -1.13. The first kappa shape index (κ1) is 24.6. The third kappa shape index (κ3) is 2.30. The van der Waals surface area contributed by atoms with Gasteiger partial charge in [-0.1, -0.05) is 45.1 Å². The Morgan fingerprint density at radius 1 is 0.895 bits per heavy atom. The van der Waals surface area contributed by atoms with E-state index in [1.165, 1.54) is 32.1 Å². The van der Waals surface area contributed by atoms with E-state index in [0.29, 0.717) is 17.8 Å². The monoisotopic (exact) mass is 520 g/mol. The van der Waals surface area contributed by atoms with Gasteiger partial charge in [-0.15, -0.1) is 0 Å². The van der Waals surface area contributed by atoms with Crippen LogP contribution in [0.15, 0.2) is 24.3 Å². The summed E-state index contributed by atoms with van der Waals surface area (Å²) in [5, 5.41) is 21.9. The Kier molecular flexibility index (Phi) is 4.43. The number of carbonyl (C=O) groups is 1. The maximum absolute atomic E-state index is 12.6. The second-order valence-electron chi connectivity index (χ2n) is 16.6. The van der Waals surface area contributed by atoms with Crippen molar-refractivity contribution < 1.29 is 19.7 Å². The first-order valence-corrected chi connectivity index (χ1v) is 15.8. The van der Waals surface area contributed by atoms with Gasteiger partial charge in [0.1, 0.15) is 0 Å². The Morgan fingerprint density at radius 3 is 2.42 bits per heavy atom. The smallest absolute Gasteiger partial charge is 0.309 e. The third-order valence-corrected chi connectivity index (χ3v) is 16.1. The molecule has 4 nitrogen and oxygen atoms in total. The van der Waals surface area contributed by atoms with Crippen LogP contribution < -0.4 is 0 Å². The van der Waals surface area contributed by atoms with Gasteiger partial charge < -0.3 is 14.9 Å². The van der Waals surface area contributed by atoms with E-state index in [-0.39, 0.29) is 38.4 Å². The molecule has 2 N–H and O–H groups in total. The van der Waals surface area contributed by atoms with E-state index < -0.39 is 17.2 Å². The van der Waals surface area contributed by atoms with Crippen LogP contribution in [0.5, 0.6) is 0 Å². The molecule has 5 saturated carbocycles. The van der Waals surface area contributed by atoms with Crippen LogP contribution in [-0.2, 0) is 9.53 Å². The molecule has 1 saturated heterocycles. The lowest BCUT2D eigenvalue weighted by Gasteiger charge is -2.81. The average molecular weight is 521 g/mol. The molecular weight excluding hydrogens is 472 g/mol. The predicted octanol–water partition coefficient (Wildman–Crippen LogP) is 7.13. The standard InChI is InChI=1S/C34H48O4/c1-22-30-15-18-33-10-6-9-31(16-17-32(33)8-5-7-23(25(30)32)19-34(22,37)38-21-30)24-20-28(3,26(35)36)12-11-27(24,2)13-14-29(31,33)4/h5-7,10,22-25,37H,8-9,11-21H2,1-4H3,(H,35,36)/t22-,23-,24-,25-,27-,28-,29+,30+,31+,32+,33-,34+/m1/s1. The van der Waals surface area contributed by atoms with Gasteiger partial charge in [0.25, 0.3) is 0 Å². The second kappa shape index (κ2) is 6.84. The normalized spacial score (nSPS) is 63.3. The van der Waals surface area contributed by atoms with Crippen LogP contribution in [0.4, 0.5) is 0 Å². The minimum absolute atomic E-state index is 0.0746. The summed E-state index contributed by atoms with van der Waals surface area (Å²) in [5.41, 5.74) is 0.456. The molecule has 38 heavy (non-hydrogen) atoms. The number of hydrogen-bond acceptors (Lipinski definition) is 3. The number of carboxylic acids is 1. The molecule has 3 spiro atoms. The van der Waals surface area contributed by atoms with E-state index in [2.05, 4.69) is 45.1 Å². The van der Waals surface area contributed by atoms with Gasteiger partial charge in [-0.2, -0.15) is 0 Å². The Balaban J connectivity index is 1.30. The largest absolute Gasteiger partial charge is 0.481 e. The molecule has 0 aromatic carbocycles. The lowest BCUT2D eigenvalue weighted by Crippen LogP contribution is -2.75. The summed E-state index contributed by atoms with van der Waals surface area (Å²) in [4.78, 5) is 12.6. The number of ether oxygens (including phenoxy) is 1.